The van der Waals surface area contributed by atoms with Crippen LogP contribution in [0.25, 0.3) is 77.2 Å². The van der Waals surface area contributed by atoms with Gasteiger partial charge in [0.1, 0.15) is 0 Å². The van der Waals surface area contributed by atoms with E-state index in [-0.39, 0.29) is 35.4 Å². The number of anilines is 3. The summed E-state index contributed by atoms with van der Waals surface area (Å²) in [7, 11) is 0. The highest BCUT2D eigenvalue weighted by Gasteiger charge is 2.17. The molecule has 0 aliphatic heterocycles. The van der Waals surface area contributed by atoms with Gasteiger partial charge in [0.2, 0.25) is 0 Å². The molecule has 0 aromatic heterocycles. The van der Waals surface area contributed by atoms with E-state index in [1.807, 2.05) is 114 Å². The summed E-state index contributed by atoms with van der Waals surface area (Å²) >= 11 is 0. The van der Waals surface area contributed by atoms with Crippen molar-refractivity contribution in [2.45, 2.75) is 0 Å². The van der Waals surface area contributed by atoms with Gasteiger partial charge in [0.25, 0.3) is 0 Å². The van der Waals surface area contributed by atoms with Crippen molar-refractivity contribution in [3.63, 3.8) is 0 Å². The molecule has 0 saturated heterocycles. The van der Waals surface area contributed by atoms with Gasteiger partial charge < -0.3 is 4.90 Å². The van der Waals surface area contributed by atoms with Crippen molar-refractivity contribution in [2.75, 3.05) is 4.90 Å². The molecule has 0 heterocycles. The second kappa shape index (κ2) is 15.0. The van der Waals surface area contributed by atoms with Crippen molar-refractivity contribution in [3.8, 4) is 55.6 Å². The third-order valence-electron chi connectivity index (χ3n) is 10.7. The summed E-state index contributed by atoms with van der Waals surface area (Å²) in [5.41, 5.74) is 11.2. The van der Waals surface area contributed by atoms with Crippen molar-refractivity contribution in [3.05, 3.63) is 236 Å². The zero-order chi connectivity index (χ0) is 41.5. The Bertz CT molecular complexity index is 3190. The van der Waals surface area contributed by atoms with Gasteiger partial charge in [-0.3, -0.25) is 0 Å². The van der Waals surface area contributed by atoms with Gasteiger partial charge in [-0.15, -0.1) is 0 Å². The molecule has 0 unspecified atom stereocenters. The Morgan fingerprint density at radius 3 is 1.54 bits per heavy atom. The minimum atomic E-state index is -0.118. The monoisotopic (exact) mass is 729 g/mol. The first-order chi connectivity index (χ1) is 29.9. The van der Waals surface area contributed by atoms with Crippen LogP contribution in [0.4, 0.5) is 17.1 Å². The molecule has 0 aliphatic rings. The Balaban J connectivity index is 1.10. The van der Waals surface area contributed by atoms with Crippen molar-refractivity contribution < 1.29 is 5.48 Å². The summed E-state index contributed by atoms with van der Waals surface area (Å²) in [6.07, 6.45) is 0. The highest BCUT2D eigenvalue weighted by Crippen LogP contribution is 2.42. The molecule has 10 aromatic rings. The highest BCUT2D eigenvalue weighted by molar-refractivity contribution is 6.00. The lowest BCUT2D eigenvalue weighted by atomic mass is 9.91. The van der Waals surface area contributed by atoms with Crippen LogP contribution in [-0.2, 0) is 0 Å². The van der Waals surface area contributed by atoms with Crippen molar-refractivity contribution in [1.82, 2.24) is 0 Å². The van der Waals surface area contributed by atoms with Crippen LogP contribution in [0.5, 0.6) is 0 Å². The van der Waals surface area contributed by atoms with Gasteiger partial charge in [0.05, 0.1) is 11.2 Å². The Morgan fingerprint density at radius 2 is 0.807 bits per heavy atom. The molecule has 0 saturated carbocycles. The van der Waals surface area contributed by atoms with Crippen molar-refractivity contribution in [1.29, 1.82) is 0 Å². The van der Waals surface area contributed by atoms with E-state index in [4.69, 9.17) is 0 Å². The molecule has 0 fully saturated rings. The molecule has 1 nitrogen and oxygen atoms in total. The standard InChI is InChI=1S/C56H39N/c1-3-14-42(15-4-1)53-37-32-47(39-55(53)45-16-5-2-6-17-45)41-30-35-50(36-31-41)57(56-27-13-21-44-19-8-10-25-54(44)56)49-33-28-40(29-34-49)46-22-11-23-48(38-46)52-26-12-20-43-18-7-9-24-51(43)52/h1-39H/i28D,29D,33D,34D. The van der Waals surface area contributed by atoms with Gasteiger partial charge in [-0.25, -0.2) is 0 Å². The number of rotatable bonds is 8. The summed E-state index contributed by atoms with van der Waals surface area (Å²) in [6, 6.07) is 71.5. The Hall–Kier alpha value is -7.48. The zero-order valence-corrected chi connectivity index (χ0v) is 31.2. The van der Waals surface area contributed by atoms with Gasteiger partial charge in [0.15, 0.2) is 0 Å². The van der Waals surface area contributed by atoms with Crippen LogP contribution in [0.3, 0.4) is 0 Å². The van der Waals surface area contributed by atoms with Crippen LogP contribution in [0.2, 0.25) is 0 Å². The van der Waals surface area contributed by atoms with Crippen LogP contribution in [0, 0.1) is 0 Å². The SMILES string of the molecule is [2H]c1c([2H])c(N(c2ccc(-c3ccc(-c4ccccc4)c(-c4ccccc4)c3)cc2)c2cccc3ccccc23)c([2H])c([2H])c1-c1cccc(-c2cccc3ccccc23)c1. The fraction of sp³-hybridized carbons (Fsp3) is 0. The number of fused-ring (bicyclic) bond motifs is 2. The van der Waals surface area contributed by atoms with E-state index >= 15 is 0 Å². The fourth-order valence-corrected chi connectivity index (χ4v) is 7.93. The maximum atomic E-state index is 9.63. The normalized spacial score (nSPS) is 12.1. The van der Waals surface area contributed by atoms with Gasteiger partial charge in [-0.05, 0) is 114 Å². The summed E-state index contributed by atoms with van der Waals surface area (Å²) in [5.74, 6) is 0. The molecule has 268 valence electrons. The van der Waals surface area contributed by atoms with Gasteiger partial charge in [0, 0.05) is 16.8 Å². The van der Waals surface area contributed by atoms with Crippen LogP contribution in [0.1, 0.15) is 5.48 Å². The highest BCUT2D eigenvalue weighted by atomic mass is 15.1. The maximum Gasteiger partial charge on any atom is 0.0645 e. The molecule has 0 amide bonds. The number of benzene rings is 10. The zero-order valence-electron chi connectivity index (χ0n) is 35.2. The average molecular weight is 730 g/mol. The summed E-state index contributed by atoms with van der Waals surface area (Å²) < 4.78 is 38.2. The molecule has 0 spiro atoms. The second-order valence-electron chi connectivity index (χ2n) is 14.2. The first-order valence-corrected chi connectivity index (χ1v) is 19.3. The molecule has 0 N–H and O–H groups in total. The molecule has 0 radical (unpaired) electrons. The van der Waals surface area contributed by atoms with Crippen molar-refractivity contribution in [2.24, 2.45) is 0 Å². The van der Waals surface area contributed by atoms with E-state index in [0.717, 1.165) is 77.4 Å². The maximum absolute atomic E-state index is 9.63. The topological polar surface area (TPSA) is 3.24 Å². The van der Waals surface area contributed by atoms with E-state index in [0.29, 0.717) is 5.56 Å². The molecule has 0 bridgehead atoms. The van der Waals surface area contributed by atoms with Gasteiger partial charge in [-0.2, -0.15) is 0 Å². The smallest absolute Gasteiger partial charge is 0.0645 e. The third kappa shape index (κ3) is 6.66. The minimum Gasteiger partial charge on any atom is -0.310 e. The van der Waals surface area contributed by atoms with Crippen LogP contribution in [-0.4, -0.2) is 0 Å². The minimum absolute atomic E-state index is 0.0973. The molecule has 1 heteroatoms. The van der Waals surface area contributed by atoms with Crippen LogP contribution in [0.15, 0.2) is 236 Å². The molecule has 57 heavy (non-hydrogen) atoms. The lowest BCUT2D eigenvalue weighted by Gasteiger charge is -2.27. The first-order valence-electron chi connectivity index (χ1n) is 21.3. The van der Waals surface area contributed by atoms with Gasteiger partial charge in [-0.1, -0.05) is 194 Å². The number of hydrogen-bond acceptors (Lipinski definition) is 1. The van der Waals surface area contributed by atoms with E-state index in [2.05, 4.69) is 103 Å². The number of hydrogen-bond donors (Lipinski definition) is 0. The fourth-order valence-electron chi connectivity index (χ4n) is 7.93. The van der Waals surface area contributed by atoms with E-state index in [1.54, 1.807) is 0 Å². The Morgan fingerprint density at radius 1 is 0.281 bits per heavy atom. The predicted molar refractivity (Wildman–Crippen MR) is 243 cm³/mol. The van der Waals surface area contributed by atoms with Crippen LogP contribution < -0.4 is 4.90 Å². The average Bonchev–Trinajstić information content (AvgIpc) is 3.32. The molecule has 0 aliphatic carbocycles. The summed E-state index contributed by atoms with van der Waals surface area (Å²) in [5, 5.41) is 4.17. The first kappa shape index (κ1) is 29.8. The molecule has 0 atom stereocenters. The lowest BCUT2D eigenvalue weighted by Crippen LogP contribution is -2.10. The molecule has 10 aromatic carbocycles. The molecular formula is C56H39N. The summed E-state index contributed by atoms with van der Waals surface area (Å²) in [6.45, 7) is 0. The largest absolute Gasteiger partial charge is 0.310 e. The third-order valence-corrected chi connectivity index (χ3v) is 10.7. The summed E-state index contributed by atoms with van der Waals surface area (Å²) in [4.78, 5) is 1.89. The molecular weight excluding hydrogens is 687 g/mol. The second-order valence-corrected chi connectivity index (χ2v) is 14.2. The lowest BCUT2D eigenvalue weighted by molar-refractivity contribution is 1.30. The van der Waals surface area contributed by atoms with Gasteiger partial charge >= 0.3 is 0 Å². The van der Waals surface area contributed by atoms with E-state index in [9.17, 15) is 5.48 Å². The van der Waals surface area contributed by atoms with Crippen molar-refractivity contribution >= 4 is 38.6 Å². The van der Waals surface area contributed by atoms with Crippen LogP contribution >= 0.6 is 0 Å². The predicted octanol–water partition coefficient (Wildman–Crippen LogP) is 15.8. The Labute approximate surface area is 340 Å². The van der Waals surface area contributed by atoms with E-state index < -0.39 is 0 Å². The number of nitrogens with zero attached hydrogens (tertiary/aromatic N) is 1. The molecule has 10 rings (SSSR count). The van der Waals surface area contributed by atoms with E-state index in [1.165, 1.54) is 0 Å². The Kier molecular flexibility index (Phi) is 7.84. The quantitative estimate of drug-likeness (QED) is 0.151.